The number of carbonyl (C=O) groups is 1. The third-order valence-electron chi connectivity index (χ3n) is 1.38. The van der Waals surface area contributed by atoms with Crippen LogP contribution < -0.4 is 4.46 Å². The van der Waals surface area contributed by atoms with Crippen molar-refractivity contribution in [2.75, 3.05) is 0 Å². The number of hydrogen-bond acceptors (Lipinski definition) is 1. The summed E-state index contributed by atoms with van der Waals surface area (Å²) in [4.78, 5) is 10.7. The van der Waals surface area contributed by atoms with Crippen LogP contribution >= 0.6 is 11.6 Å². The van der Waals surface area contributed by atoms with Gasteiger partial charge in [0, 0.05) is 0 Å². The number of carbonyl (C=O) groups excluding carboxylic acids is 1. The van der Waals surface area contributed by atoms with Gasteiger partial charge in [-0.1, -0.05) is 0 Å². The van der Waals surface area contributed by atoms with Crippen LogP contribution in [0.15, 0.2) is 30.3 Å². The second kappa shape index (κ2) is 4.66. The van der Waals surface area contributed by atoms with Gasteiger partial charge in [0.05, 0.1) is 0 Å². The molecule has 0 amide bonds. The molecule has 0 aliphatic heterocycles. The van der Waals surface area contributed by atoms with Gasteiger partial charge in [0.15, 0.2) is 0 Å². The van der Waals surface area contributed by atoms with Crippen molar-refractivity contribution in [3.8, 4) is 0 Å². The van der Waals surface area contributed by atoms with E-state index in [0.717, 1.165) is 0 Å². The third-order valence-corrected chi connectivity index (χ3v) is 4.33. The molecule has 0 aliphatic carbocycles. The van der Waals surface area contributed by atoms with E-state index in [1.165, 1.54) is 4.46 Å². The molecule has 0 saturated heterocycles. The Kier molecular flexibility index (Phi) is 3.80. The topological polar surface area (TPSA) is 17.1 Å². The molecule has 0 N–H and O–H groups in total. The van der Waals surface area contributed by atoms with Crippen LogP contribution in [-0.2, 0) is 4.79 Å². The van der Waals surface area contributed by atoms with E-state index in [0.29, 0.717) is 0 Å². The first kappa shape index (κ1) is 9.78. The Morgan fingerprint density at radius 2 is 2.00 bits per heavy atom. The van der Waals surface area contributed by atoms with Gasteiger partial charge < -0.3 is 0 Å². The fourth-order valence-electron chi connectivity index (χ4n) is 0.750. The Bertz CT molecular complexity index is 260. The molecule has 0 spiro atoms. The molecule has 0 heterocycles. The first-order valence-electron chi connectivity index (χ1n) is 3.61. The Morgan fingerprint density at radius 1 is 1.42 bits per heavy atom. The summed E-state index contributed by atoms with van der Waals surface area (Å²) in [6.07, 6.45) is 0. The zero-order valence-corrected chi connectivity index (χ0v) is 9.13. The summed E-state index contributed by atoms with van der Waals surface area (Å²) in [6.45, 7) is 1.86. The van der Waals surface area contributed by atoms with Crippen molar-refractivity contribution in [1.82, 2.24) is 0 Å². The monoisotopic (exact) mass is 248 g/mol. The average Bonchev–Trinajstić information content (AvgIpc) is 2.06. The van der Waals surface area contributed by atoms with E-state index >= 15 is 0 Å². The number of hydrogen-bond donors (Lipinski definition) is 0. The first-order valence-corrected chi connectivity index (χ1v) is 5.83. The van der Waals surface area contributed by atoms with Crippen LogP contribution in [0.25, 0.3) is 0 Å². The maximum absolute atomic E-state index is 10.7. The van der Waals surface area contributed by atoms with Crippen LogP contribution in [0.2, 0.25) is 4.82 Å². The molecule has 1 unspecified atom stereocenters. The average molecular weight is 248 g/mol. The second-order valence-corrected chi connectivity index (χ2v) is 5.72. The van der Waals surface area contributed by atoms with E-state index in [2.05, 4.69) is 0 Å². The number of halogens is 1. The molecule has 0 fully saturated rings. The van der Waals surface area contributed by atoms with E-state index in [1.54, 1.807) is 0 Å². The third kappa shape index (κ3) is 2.98. The summed E-state index contributed by atoms with van der Waals surface area (Å²) in [7, 11) is 0. The molecule has 1 aromatic carbocycles. The van der Waals surface area contributed by atoms with E-state index in [1.807, 2.05) is 37.3 Å². The summed E-state index contributed by atoms with van der Waals surface area (Å²) in [5.41, 5.74) is 0. The molecule has 0 saturated carbocycles. The van der Waals surface area contributed by atoms with Gasteiger partial charge in [0.25, 0.3) is 0 Å². The molecule has 12 heavy (non-hydrogen) atoms. The fourth-order valence-corrected chi connectivity index (χ4v) is 2.69. The Balaban J connectivity index is 2.58. The van der Waals surface area contributed by atoms with Gasteiger partial charge in [0.1, 0.15) is 0 Å². The molecule has 1 nitrogen and oxygen atoms in total. The van der Waals surface area contributed by atoms with Gasteiger partial charge in [-0.15, -0.1) is 0 Å². The molecule has 0 aliphatic rings. The standard InChI is InChI=1S/C9H9ClOSe/c1-7(9(10)11)12-8-5-3-2-4-6-8/h2-7H,1H3. The molecule has 1 aromatic rings. The van der Waals surface area contributed by atoms with Gasteiger partial charge in [-0.25, -0.2) is 0 Å². The summed E-state index contributed by atoms with van der Waals surface area (Å²) in [6, 6.07) is 9.96. The molecule has 1 rings (SSSR count). The zero-order chi connectivity index (χ0) is 8.97. The SMILES string of the molecule is CC([Se]c1ccccc1)C(=O)Cl. The van der Waals surface area contributed by atoms with Gasteiger partial charge in [0.2, 0.25) is 0 Å². The van der Waals surface area contributed by atoms with E-state index < -0.39 is 0 Å². The van der Waals surface area contributed by atoms with Crippen molar-refractivity contribution >= 4 is 36.3 Å². The van der Waals surface area contributed by atoms with Crippen molar-refractivity contribution in [3.05, 3.63) is 30.3 Å². The van der Waals surface area contributed by atoms with Gasteiger partial charge in [-0.3, -0.25) is 0 Å². The Hall–Kier alpha value is -0.301. The van der Waals surface area contributed by atoms with Crippen LogP contribution in [0.3, 0.4) is 0 Å². The van der Waals surface area contributed by atoms with Crippen molar-refractivity contribution < 1.29 is 4.79 Å². The minimum absolute atomic E-state index is 0.0263. The quantitative estimate of drug-likeness (QED) is 0.586. The van der Waals surface area contributed by atoms with Crippen LogP contribution in [0.5, 0.6) is 0 Å². The maximum atomic E-state index is 10.7. The fraction of sp³-hybridized carbons (Fsp3) is 0.222. The predicted molar refractivity (Wildman–Crippen MR) is 52.1 cm³/mol. The van der Waals surface area contributed by atoms with Gasteiger partial charge >= 0.3 is 83.1 Å². The second-order valence-electron chi connectivity index (χ2n) is 2.38. The molecule has 64 valence electrons. The number of benzene rings is 1. The minimum atomic E-state index is -0.237. The zero-order valence-electron chi connectivity index (χ0n) is 6.66. The van der Waals surface area contributed by atoms with E-state index in [-0.39, 0.29) is 25.0 Å². The van der Waals surface area contributed by atoms with Crippen LogP contribution in [-0.4, -0.2) is 20.2 Å². The van der Waals surface area contributed by atoms with Crippen LogP contribution in [0.4, 0.5) is 0 Å². The van der Waals surface area contributed by atoms with Crippen molar-refractivity contribution in [3.63, 3.8) is 0 Å². The Morgan fingerprint density at radius 3 is 2.50 bits per heavy atom. The van der Waals surface area contributed by atoms with Crippen molar-refractivity contribution in [1.29, 1.82) is 0 Å². The van der Waals surface area contributed by atoms with Crippen molar-refractivity contribution in [2.24, 2.45) is 0 Å². The summed E-state index contributed by atoms with van der Waals surface area (Å²) < 4.78 is 1.21. The normalized spacial score (nSPS) is 12.5. The molecular weight excluding hydrogens is 239 g/mol. The predicted octanol–water partition coefficient (Wildman–Crippen LogP) is 1.59. The molecule has 3 heteroatoms. The van der Waals surface area contributed by atoms with Gasteiger partial charge in [-0.05, 0) is 0 Å². The summed E-state index contributed by atoms with van der Waals surface area (Å²) >= 11 is 5.52. The molecule has 0 bridgehead atoms. The molecule has 1 atom stereocenters. The molecular formula is C9H9ClOSe. The van der Waals surface area contributed by atoms with E-state index in [9.17, 15) is 4.79 Å². The molecule has 0 aromatic heterocycles. The number of rotatable bonds is 3. The van der Waals surface area contributed by atoms with Gasteiger partial charge in [-0.2, -0.15) is 0 Å². The van der Waals surface area contributed by atoms with Crippen LogP contribution in [0, 0.1) is 0 Å². The summed E-state index contributed by atoms with van der Waals surface area (Å²) in [5.74, 6) is 0. The summed E-state index contributed by atoms with van der Waals surface area (Å²) in [5, 5.41) is -0.237. The Labute approximate surface area is 83.3 Å². The van der Waals surface area contributed by atoms with E-state index in [4.69, 9.17) is 11.6 Å². The first-order chi connectivity index (χ1) is 5.70. The molecule has 0 radical (unpaired) electrons. The van der Waals surface area contributed by atoms with Crippen molar-refractivity contribution in [2.45, 2.75) is 11.7 Å². The van der Waals surface area contributed by atoms with Crippen LogP contribution in [0.1, 0.15) is 6.92 Å².